The number of hydrogen-bond acceptors (Lipinski definition) is 5. The van der Waals surface area contributed by atoms with Crippen molar-refractivity contribution >= 4 is 10.9 Å². The van der Waals surface area contributed by atoms with Gasteiger partial charge in [-0.2, -0.15) is 0 Å². The number of aromatic amines is 1. The molecule has 2 aromatic heterocycles. The second kappa shape index (κ2) is 10.5. The van der Waals surface area contributed by atoms with E-state index in [9.17, 15) is 9.50 Å². The molecule has 2 unspecified atom stereocenters. The molecule has 3 N–H and O–H groups in total. The molecule has 1 saturated heterocycles. The number of hydrogen-bond donors (Lipinski definition) is 3. The van der Waals surface area contributed by atoms with Gasteiger partial charge < -0.3 is 15.4 Å². The minimum absolute atomic E-state index is 0.0946. The third-order valence-electron chi connectivity index (χ3n) is 6.90. The monoisotopic (exact) mass is 462 g/mol. The first-order valence-electron chi connectivity index (χ1n) is 12.0. The van der Waals surface area contributed by atoms with Gasteiger partial charge in [0.1, 0.15) is 18.5 Å². The van der Waals surface area contributed by atoms with Crippen molar-refractivity contribution in [2.75, 3.05) is 26.2 Å². The molecule has 0 radical (unpaired) electrons. The molecule has 1 fully saturated rings. The summed E-state index contributed by atoms with van der Waals surface area (Å²) in [6, 6.07) is 13.6. The molecule has 0 spiro atoms. The molecule has 2 aromatic carbocycles. The van der Waals surface area contributed by atoms with Gasteiger partial charge in [0.05, 0.1) is 0 Å². The van der Waals surface area contributed by atoms with Crippen LogP contribution in [0.1, 0.15) is 36.4 Å². The highest BCUT2D eigenvalue weighted by Gasteiger charge is 2.29. The first kappa shape index (κ1) is 22.7. The Morgan fingerprint density at radius 2 is 1.94 bits per heavy atom. The van der Waals surface area contributed by atoms with E-state index in [1.807, 2.05) is 16.7 Å². The number of benzene rings is 2. The van der Waals surface area contributed by atoms with Crippen LogP contribution in [0.3, 0.4) is 0 Å². The molecule has 0 aliphatic carbocycles. The average molecular weight is 463 g/mol. The fourth-order valence-electron chi connectivity index (χ4n) is 5.18. The van der Waals surface area contributed by atoms with Crippen LogP contribution < -0.4 is 5.32 Å². The Bertz CT molecular complexity index is 1190. The standard InChI is InChI=1S/C26H31FN6O/c27-21-6-4-19(5-7-21)26(10-13-34)33-12-11-28-16-23(33)3-1-2-20-15-29-25-9-8-22(14-24(20)25)32-17-30-31-18-32/h4-9,14-15,17-18,23,26,28-29,34H,1-3,10-13,16H2. The molecule has 7 nitrogen and oxygen atoms in total. The molecule has 2 atom stereocenters. The molecular formula is C26H31FN6O. The van der Waals surface area contributed by atoms with Gasteiger partial charge in [-0.3, -0.25) is 9.47 Å². The molecule has 1 aliphatic rings. The quantitative estimate of drug-likeness (QED) is 0.354. The number of nitrogens with zero attached hydrogens (tertiary/aromatic N) is 4. The number of aryl methyl sites for hydroxylation is 1. The zero-order valence-corrected chi connectivity index (χ0v) is 19.2. The first-order valence-corrected chi connectivity index (χ1v) is 12.0. The predicted molar refractivity (Wildman–Crippen MR) is 130 cm³/mol. The number of aromatic nitrogens is 4. The number of aliphatic hydroxyl groups is 1. The van der Waals surface area contributed by atoms with E-state index < -0.39 is 0 Å². The first-order chi connectivity index (χ1) is 16.7. The molecule has 1 aliphatic heterocycles. The normalized spacial score (nSPS) is 17.9. The van der Waals surface area contributed by atoms with Crippen molar-refractivity contribution < 1.29 is 9.50 Å². The third kappa shape index (κ3) is 4.89. The minimum atomic E-state index is -0.227. The van der Waals surface area contributed by atoms with Crippen LogP contribution in [0.25, 0.3) is 16.6 Å². The number of fused-ring (bicyclic) bond motifs is 1. The maximum atomic E-state index is 13.5. The summed E-state index contributed by atoms with van der Waals surface area (Å²) in [6.07, 6.45) is 9.28. The van der Waals surface area contributed by atoms with Gasteiger partial charge in [-0.1, -0.05) is 12.1 Å². The summed E-state index contributed by atoms with van der Waals surface area (Å²) in [5, 5.41) is 22.3. The molecule has 34 heavy (non-hydrogen) atoms. The summed E-state index contributed by atoms with van der Waals surface area (Å²) in [6.45, 7) is 2.88. The highest BCUT2D eigenvalue weighted by molar-refractivity contribution is 5.85. The van der Waals surface area contributed by atoms with Crippen LogP contribution in [0.15, 0.2) is 61.3 Å². The van der Waals surface area contributed by atoms with Crippen molar-refractivity contribution in [1.29, 1.82) is 0 Å². The molecule has 3 heterocycles. The van der Waals surface area contributed by atoms with Crippen molar-refractivity contribution in [3.8, 4) is 5.69 Å². The number of aliphatic hydroxyl groups excluding tert-OH is 1. The average Bonchev–Trinajstić information content (AvgIpc) is 3.54. The SMILES string of the molecule is OCCC(c1ccc(F)cc1)N1CCNCC1CCCc1c[nH]c2ccc(-n3cnnc3)cc12. The van der Waals surface area contributed by atoms with E-state index in [1.165, 1.54) is 23.1 Å². The maximum absolute atomic E-state index is 13.5. The molecule has 5 rings (SSSR count). The minimum Gasteiger partial charge on any atom is -0.396 e. The number of H-pyrrole nitrogens is 1. The predicted octanol–water partition coefficient (Wildman–Crippen LogP) is 3.61. The van der Waals surface area contributed by atoms with E-state index in [1.54, 1.807) is 12.7 Å². The molecule has 0 saturated carbocycles. The highest BCUT2D eigenvalue weighted by atomic mass is 19.1. The summed E-state index contributed by atoms with van der Waals surface area (Å²) in [7, 11) is 0. The van der Waals surface area contributed by atoms with Gasteiger partial charge in [-0.05, 0) is 67.1 Å². The Kier molecular flexibility index (Phi) is 6.99. The van der Waals surface area contributed by atoms with Crippen LogP contribution in [0, 0.1) is 5.82 Å². The van der Waals surface area contributed by atoms with Gasteiger partial charge in [-0.25, -0.2) is 4.39 Å². The fraction of sp³-hybridized carbons (Fsp3) is 0.385. The van der Waals surface area contributed by atoms with Crippen LogP contribution in [-0.2, 0) is 6.42 Å². The maximum Gasteiger partial charge on any atom is 0.123 e. The van der Waals surface area contributed by atoms with E-state index >= 15 is 0 Å². The zero-order valence-electron chi connectivity index (χ0n) is 19.2. The number of piperazine rings is 1. The second-order valence-corrected chi connectivity index (χ2v) is 8.98. The number of rotatable bonds is 9. The Hall–Kier alpha value is -3.07. The molecule has 0 bridgehead atoms. The van der Waals surface area contributed by atoms with E-state index in [0.29, 0.717) is 12.5 Å². The number of halogens is 1. The van der Waals surface area contributed by atoms with Crippen molar-refractivity contribution in [1.82, 2.24) is 30.0 Å². The Labute approximate surface area is 198 Å². The Balaban J connectivity index is 1.28. The summed E-state index contributed by atoms with van der Waals surface area (Å²) in [4.78, 5) is 5.90. The summed E-state index contributed by atoms with van der Waals surface area (Å²) < 4.78 is 15.4. The lowest BCUT2D eigenvalue weighted by Crippen LogP contribution is -2.52. The Morgan fingerprint density at radius 3 is 2.74 bits per heavy atom. The van der Waals surface area contributed by atoms with Crippen molar-refractivity contribution in [3.63, 3.8) is 0 Å². The second-order valence-electron chi connectivity index (χ2n) is 8.98. The van der Waals surface area contributed by atoms with Gasteiger partial charge in [0.2, 0.25) is 0 Å². The molecular weight excluding hydrogens is 431 g/mol. The summed E-state index contributed by atoms with van der Waals surface area (Å²) in [5.74, 6) is -0.227. The van der Waals surface area contributed by atoms with Gasteiger partial charge in [-0.15, -0.1) is 10.2 Å². The molecule has 8 heteroatoms. The van der Waals surface area contributed by atoms with Crippen LogP contribution in [0.4, 0.5) is 4.39 Å². The van der Waals surface area contributed by atoms with Crippen LogP contribution in [0.2, 0.25) is 0 Å². The number of nitrogens with one attached hydrogen (secondary N) is 2. The lowest BCUT2D eigenvalue weighted by Gasteiger charge is -2.42. The summed E-state index contributed by atoms with van der Waals surface area (Å²) in [5.41, 5.74) is 4.56. The molecule has 4 aromatic rings. The highest BCUT2D eigenvalue weighted by Crippen LogP contribution is 2.30. The van der Waals surface area contributed by atoms with Gasteiger partial charge in [0.15, 0.2) is 0 Å². The van der Waals surface area contributed by atoms with Crippen molar-refractivity contribution in [2.45, 2.75) is 37.8 Å². The Morgan fingerprint density at radius 1 is 1.12 bits per heavy atom. The molecule has 178 valence electrons. The van der Waals surface area contributed by atoms with Crippen LogP contribution in [-0.4, -0.2) is 62.0 Å². The van der Waals surface area contributed by atoms with E-state index in [2.05, 4.69) is 49.8 Å². The lowest BCUT2D eigenvalue weighted by atomic mass is 9.96. The third-order valence-corrected chi connectivity index (χ3v) is 6.90. The van der Waals surface area contributed by atoms with E-state index in [4.69, 9.17) is 0 Å². The van der Waals surface area contributed by atoms with Crippen LogP contribution >= 0.6 is 0 Å². The van der Waals surface area contributed by atoms with Crippen molar-refractivity contribution in [2.24, 2.45) is 0 Å². The lowest BCUT2D eigenvalue weighted by molar-refractivity contribution is 0.0807. The van der Waals surface area contributed by atoms with E-state index in [0.717, 1.165) is 55.7 Å². The van der Waals surface area contributed by atoms with Crippen molar-refractivity contribution in [3.05, 3.63) is 78.3 Å². The van der Waals surface area contributed by atoms with E-state index in [-0.39, 0.29) is 18.5 Å². The fourth-order valence-corrected chi connectivity index (χ4v) is 5.18. The summed E-state index contributed by atoms with van der Waals surface area (Å²) >= 11 is 0. The zero-order chi connectivity index (χ0) is 23.3. The molecule has 0 amide bonds. The van der Waals surface area contributed by atoms with Crippen LogP contribution in [0.5, 0.6) is 0 Å². The topological polar surface area (TPSA) is 82.0 Å². The smallest absolute Gasteiger partial charge is 0.123 e. The van der Waals surface area contributed by atoms with Gasteiger partial charge >= 0.3 is 0 Å². The van der Waals surface area contributed by atoms with Gasteiger partial charge in [0, 0.05) is 61.1 Å². The van der Waals surface area contributed by atoms with Gasteiger partial charge in [0.25, 0.3) is 0 Å². The largest absolute Gasteiger partial charge is 0.396 e.